The summed E-state index contributed by atoms with van der Waals surface area (Å²) in [5, 5.41) is 9.02. The number of rotatable bonds is 1. The summed E-state index contributed by atoms with van der Waals surface area (Å²) < 4.78 is 9.14. The third-order valence-electron chi connectivity index (χ3n) is 2.10. The summed E-state index contributed by atoms with van der Waals surface area (Å²) in [5.74, 6) is 0. The molecule has 0 aromatic rings. The van der Waals surface area contributed by atoms with Crippen LogP contribution >= 0.6 is 7.60 Å². The largest absolute Gasteiger partial charge is 4.00 e. The molecule has 0 heterocycles. The Morgan fingerprint density at radius 3 is 1.47 bits per heavy atom. The van der Waals surface area contributed by atoms with E-state index in [2.05, 4.69) is 0 Å². The van der Waals surface area contributed by atoms with Gasteiger partial charge >= 0.3 is 50.6 Å². The van der Waals surface area contributed by atoms with Gasteiger partial charge < -0.3 is 35.7 Å². The molecule has 4 N–H and O–H groups in total. The minimum atomic E-state index is -5.43. The molecule has 96 valence electrons. The van der Waals surface area contributed by atoms with Crippen molar-refractivity contribution in [3.05, 3.63) is 0 Å². The summed E-state index contributed by atoms with van der Waals surface area (Å²) in [4.78, 5) is 27.3. The second kappa shape index (κ2) is 11.1. The molecule has 0 spiro atoms. The molecule has 0 radical (unpaired) electrons. The van der Waals surface area contributed by atoms with Crippen LogP contribution < -0.4 is 55.9 Å². The Labute approximate surface area is 136 Å². The third kappa shape index (κ3) is 12.0. The van der Waals surface area contributed by atoms with E-state index in [1.54, 1.807) is 0 Å². The van der Waals surface area contributed by atoms with Crippen LogP contribution in [-0.4, -0.2) is 17.8 Å². The maximum absolute atomic E-state index is 9.14. The van der Waals surface area contributed by atoms with Gasteiger partial charge in [-0.25, -0.2) is 0 Å². The summed E-state index contributed by atoms with van der Waals surface area (Å²) in [6.07, 6.45) is 4.80. The fourth-order valence-electron chi connectivity index (χ4n) is 1.19. The molecule has 17 heavy (non-hydrogen) atoms. The molecule has 1 saturated carbocycles. The first-order valence-corrected chi connectivity index (χ1v) is 6.04. The van der Waals surface area contributed by atoms with Crippen LogP contribution in [0.4, 0.5) is 4.79 Å². The average Bonchev–Trinajstić information content (AvgIpc) is 2.09. The minimum Gasteiger partial charge on any atom is -0.807 e. The van der Waals surface area contributed by atoms with Crippen LogP contribution in [0, 0.1) is 0 Å². The molecule has 7 nitrogen and oxygen atoms in total. The van der Waals surface area contributed by atoms with E-state index in [4.69, 9.17) is 35.7 Å². The quantitative estimate of drug-likeness (QED) is 0.295. The van der Waals surface area contributed by atoms with Crippen LogP contribution in [0.25, 0.3) is 0 Å². The third-order valence-corrected chi connectivity index (χ3v) is 2.55. The van der Waals surface area contributed by atoms with Gasteiger partial charge in [0.1, 0.15) is 0 Å². The summed E-state index contributed by atoms with van der Waals surface area (Å²) in [7, 11) is -5.43. The van der Waals surface area contributed by atoms with Gasteiger partial charge in [-0.2, -0.15) is 0 Å². The molecule has 0 aromatic heterocycles. The second-order valence-corrected chi connectivity index (χ2v) is 4.74. The SMILES string of the molecule is NC1CCCCC1N.O=C([O-])P(=O)([O-])[O-].[Na+].[Pt+4]. The molecule has 0 aromatic carbocycles. The standard InChI is InChI=1S/C6H14N2.CH3O5P.Na.Pt/c7-5-3-1-2-4-6(5)8;2-1(3)7(4,5)6;;/h5-6H,1-4,7-8H2;(H,2,3)(H2,4,5,6);;/q;;+1;+4/p-3. The number of nitrogens with two attached hydrogens (primary N) is 2. The van der Waals surface area contributed by atoms with Crippen molar-refractivity contribution in [2.75, 3.05) is 0 Å². The van der Waals surface area contributed by atoms with Gasteiger partial charge in [0, 0.05) is 12.1 Å². The van der Waals surface area contributed by atoms with Crippen molar-refractivity contribution < 1.29 is 74.9 Å². The normalized spacial score (nSPS) is 23.3. The van der Waals surface area contributed by atoms with E-state index in [0.29, 0.717) is 0 Å². The fraction of sp³-hybridized carbons (Fsp3) is 0.857. The smallest absolute Gasteiger partial charge is 0.807 e. The van der Waals surface area contributed by atoms with E-state index in [1.807, 2.05) is 0 Å². The molecule has 2 atom stereocenters. The van der Waals surface area contributed by atoms with Crippen molar-refractivity contribution >= 4 is 13.3 Å². The van der Waals surface area contributed by atoms with Crippen molar-refractivity contribution in [2.24, 2.45) is 11.5 Å². The number of hydrogen-bond acceptors (Lipinski definition) is 7. The Morgan fingerprint density at radius 2 is 1.35 bits per heavy atom. The summed E-state index contributed by atoms with van der Waals surface area (Å²) >= 11 is 0. The summed E-state index contributed by atoms with van der Waals surface area (Å²) in [6, 6.07) is 0.562. The Balaban J connectivity index is -0.000000208. The Hall–Kier alpha value is 1.23. The zero-order valence-corrected chi connectivity index (χ0v) is 14.6. The van der Waals surface area contributed by atoms with Crippen LogP contribution in [0.5, 0.6) is 0 Å². The van der Waals surface area contributed by atoms with Crippen molar-refractivity contribution in [3.63, 3.8) is 0 Å². The van der Waals surface area contributed by atoms with Crippen molar-refractivity contribution in [1.29, 1.82) is 0 Å². The molecular formula is C7H14N2NaO5PPt+2. The zero-order valence-electron chi connectivity index (χ0n) is 9.44. The number of carbonyl (C=O) groups excluding carboxylic acids is 1. The van der Waals surface area contributed by atoms with Gasteiger partial charge in [-0.3, -0.25) is 0 Å². The van der Waals surface area contributed by atoms with Gasteiger partial charge in [0.15, 0.2) is 0 Å². The molecular weight excluding hydrogens is 441 g/mol. The topological polar surface area (TPSA) is 155 Å². The first-order valence-electron chi connectivity index (χ1n) is 4.50. The van der Waals surface area contributed by atoms with Crippen molar-refractivity contribution in [1.82, 2.24) is 0 Å². The van der Waals surface area contributed by atoms with Gasteiger partial charge in [-0.15, -0.1) is 0 Å². The van der Waals surface area contributed by atoms with Gasteiger partial charge in [0.05, 0.1) is 5.71 Å². The molecule has 1 rings (SSSR count). The van der Waals surface area contributed by atoms with E-state index in [0.717, 1.165) is 12.8 Å². The minimum absolute atomic E-state index is 0. The van der Waals surface area contributed by atoms with Gasteiger partial charge in [-0.05, 0) is 20.4 Å². The monoisotopic (exact) mass is 455 g/mol. The molecule has 10 heteroatoms. The second-order valence-electron chi connectivity index (χ2n) is 3.38. The Kier molecular flexibility index (Phi) is 15.2. The predicted molar refractivity (Wildman–Crippen MR) is 47.4 cm³/mol. The molecule has 0 amide bonds. The number of carboxylic acid groups (broad SMARTS) is 1. The molecule has 0 bridgehead atoms. The van der Waals surface area contributed by atoms with Gasteiger partial charge in [0.2, 0.25) is 0 Å². The zero-order chi connectivity index (χ0) is 12.1. The molecule has 1 fully saturated rings. The van der Waals surface area contributed by atoms with Crippen molar-refractivity contribution in [2.45, 2.75) is 37.8 Å². The number of carbonyl (C=O) groups is 1. The van der Waals surface area contributed by atoms with Crippen LogP contribution in [-0.2, 0) is 25.6 Å². The van der Waals surface area contributed by atoms with E-state index >= 15 is 0 Å². The number of hydrogen-bond donors (Lipinski definition) is 2. The molecule has 1 aliphatic carbocycles. The Bertz CT molecular complexity index is 255. The fourth-order valence-corrected chi connectivity index (χ4v) is 1.19. The maximum atomic E-state index is 9.14. The van der Waals surface area contributed by atoms with Crippen LogP contribution in [0.15, 0.2) is 0 Å². The van der Waals surface area contributed by atoms with E-state index in [9.17, 15) is 0 Å². The van der Waals surface area contributed by atoms with Gasteiger partial charge in [-0.1, -0.05) is 12.8 Å². The van der Waals surface area contributed by atoms with E-state index < -0.39 is 13.3 Å². The summed E-state index contributed by atoms with van der Waals surface area (Å²) in [5.41, 5.74) is 8.74. The van der Waals surface area contributed by atoms with Crippen LogP contribution in [0.3, 0.4) is 0 Å². The molecule has 0 saturated heterocycles. The van der Waals surface area contributed by atoms with Crippen LogP contribution in [0.2, 0.25) is 0 Å². The van der Waals surface area contributed by atoms with Crippen LogP contribution in [0.1, 0.15) is 25.7 Å². The van der Waals surface area contributed by atoms with E-state index in [-0.39, 0.29) is 62.7 Å². The van der Waals surface area contributed by atoms with E-state index in [1.165, 1.54) is 12.8 Å². The van der Waals surface area contributed by atoms with Gasteiger partial charge in [0.25, 0.3) is 0 Å². The first kappa shape index (κ1) is 23.3. The molecule has 0 aliphatic heterocycles. The summed E-state index contributed by atoms with van der Waals surface area (Å²) in [6.45, 7) is 0. The predicted octanol–water partition coefficient (Wildman–Crippen LogP) is -5.54. The average molecular weight is 455 g/mol. The maximum Gasteiger partial charge on any atom is 4.00 e. The van der Waals surface area contributed by atoms with Crippen molar-refractivity contribution in [3.8, 4) is 0 Å². The molecule has 2 unspecified atom stereocenters. The first-order chi connectivity index (χ1) is 6.75. The Morgan fingerprint density at radius 1 is 1.12 bits per heavy atom. The molecule has 1 aliphatic rings.